The summed E-state index contributed by atoms with van der Waals surface area (Å²) in [6, 6.07) is 2.99. The molecule has 1 aliphatic rings. The second-order valence-corrected chi connectivity index (χ2v) is 5.96. The van der Waals surface area contributed by atoms with Crippen molar-refractivity contribution in [2.24, 2.45) is 5.92 Å². The van der Waals surface area contributed by atoms with Crippen LogP contribution < -0.4 is 5.73 Å². The van der Waals surface area contributed by atoms with Gasteiger partial charge in [-0.15, -0.1) is 0 Å². The normalized spacial score (nSPS) is 23.1. The number of ether oxygens (including phenoxy) is 1. The van der Waals surface area contributed by atoms with Crippen LogP contribution >= 0.6 is 23.2 Å². The highest BCUT2D eigenvalue weighted by Crippen LogP contribution is 2.30. The van der Waals surface area contributed by atoms with Crippen LogP contribution in [0.15, 0.2) is 12.1 Å². The Labute approximate surface area is 123 Å². The first-order valence-electron chi connectivity index (χ1n) is 6.43. The van der Waals surface area contributed by atoms with Gasteiger partial charge in [-0.25, -0.2) is 4.79 Å². The molecule has 1 aromatic rings. The molecule has 19 heavy (non-hydrogen) atoms. The van der Waals surface area contributed by atoms with Crippen LogP contribution in [-0.2, 0) is 4.74 Å². The summed E-state index contributed by atoms with van der Waals surface area (Å²) >= 11 is 11.8. The molecule has 0 spiro atoms. The fraction of sp³-hybridized carbons (Fsp3) is 0.500. The van der Waals surface area contributed by atoms with Crippen molar-refractivity contribution in [2.45, 2.75) is 38.7 Å². The van der Waals surface area contributed by atoms with Crippen molar-refractivity contribution >= 4 is 34.9 Å². The van der Waals surface area contributed by atoms with Crippen molar-refractivity contribution in [3.63, 3.8) is 0 Å². The lowest BCUT2D eigenvalue weighted by Gasteiger charge is -2.26. The van der Waals surface area contributed by atoms with Crippen LogP contribution in [0.5, 0.6) is 0 Å². The van der Waals surface area contributed by atoms with Gasteiger partial charge in [0.2, 0.25) is 0 Å². The molecule has 2 rings (SSSR count). The Hall–Kier alpha value is -0.930. The van der Waals surface area contributed by atoms with Gasteiger partial charge in [0.25, 0.3) is 0 Å². The van der Waals surface area contributed by atoms with Crippen LogP contribution in [0.3, 0.4) is 0 Å². The number of halogens is 2. The molecule has 1 fully saturated rings. The molecule has 0 heterocycles. The van der Waals surface area contributed by atoms with Gasteiger partial charge in [-0.05, 0) is 43.7 Å². The van der Waals surface area contributed by atoms with E-state index in [1.807, 2.05) is 0 Å². The van der Waals surface area contributed by atoms with E-state index in [4.69, 9.17) is 33.7 Å². The molecule has 104 valence electrons. The summed E-state index contributed by atoms with van der Waals surface area (Å²) < 4.78 is 5.48. The topological polar surface area (TPSA) is 52.3 Å². The maximum atomic E-state index is 12.0. The van der Waals surface area contributed by atoms with Gasteiger partial charge >= 0.3 is 5.97 Å². The van der Waals surface area contributed by atoms with Crippen LogP contribution in [0.1, 0.15) is 43.0 Å². The molecule has 0 saturated heterocycles. The maximum absolute atomic E-state index is 12.0. The summed E-state index contributed by atoms with van der Waals surface area (Å²) in [5, 5.41) is 0.549. The SMILES string of the molecule is CC1CCC(OC(=O)c2cc(Cl)c(N)c(Cl)c2)CC1. The van der Waals surface area contributed by atoms with Gasteiger partial charge in [0.1, 0.15) is 6.10 Å². The zero-order chi connectivity index (χ0) is 14.0. The average molecular weight is 302 g/mol. The number of nitrogens with two attached hydrogens (primary N) is 1. The molecule has 0 aromatic heterocycles. The zero-order valence-corrected chi connectivity index (χ0v) is 12.3. The molecule has 0 amide bonds. The van der Waals surface area contributed by atoms with Gasteiger partial charge in [0, 0.05) is 0 Å². The van der Waals surface area contributed by atoms with Gasteiger partial charge in [-0.1, -0.05) is 30.1 Å². The van der Waals surface area contributed by atoms with E-state index >= 15 is 0 Å². The highest BCUT2D eigenvalue weighted by atomic mass is 35.5. The molecule has 5 heteroatoms. The van der Waals surface area contributed by atoms with Gasteiger partial charge in [-0.2, -0.15) is 0 Å². The summed E-state index contributed by atoms with van der Waals surface area (Å²) in [7, 11) is 0. The molecule has 0 atom stereocenters. The Kier molecular flexibility index (Phi) is 4.58. The Morgan fingerprint density at radius 2 is 1.74 bits per heavy atom. The van der Waals surface area contributed by atoms with E-state index in [-0.39, 0.29) is 27.8 Å². The quantitative estimate of drug-likeness (QED) is 0.654. The number of benzene rings is 1. The third-order valence-corrected chi connectivity index (χ3v) is 4.18. The smallest absolute Gasteiger partial charge is 0.338 e. The summed E-state index contributed by atoms with van der Waals surface area (Å²) in [5.41, 5.74) is 6.27. The standard InChI is InChI=1S/C14H17Cl2NO2/c1-8-2-4-10(5-3-8)19-14(18)9-6-11(15)13(17)12(16)7-9/h6-8,10H,2-5,17H2,1H3. The van der Waals surface area contributed by atoms with E-state index in [1.54, 1.807) is 0 Å². The van der Waals surface area contributed by atoms with Gasteiger partial charge < -0.3 is 10.5 Å². The number of rotatable bonds is 2. The second-order valence-electron chi connectivity index (χ2n) is 5.14. The van der Waals surface area contributed by atoms with E-state index < -0.39 is 0 Å². The number of esters is 1. The summed E-state index contributed by atoms with van der Waals surface area (Å²) in [4.78, 5) is 12.0. The monoisotopic (exact) mass is 301 g/mol. The van der Waals surface area contributed by atoms with Crippen molar-refractivity contribution < 1.29 is 9.53 Å². The van der Waals surface area contributed by atoms with Gasteiger partial charge in [-0.3, -0.25) is 0 Å². The van der Waals surface area contributed by atoms with Crippen LogP contribution in [0.4, 0.5) is 5.69 Å². The third kappa shape index (κ3) is 3.54. The highest BCUT2D eigenvalue weighted by Gasteiger charge is 2.22. The number of anilines is 1. The minimum Gasteiger partial charge on any atom is -0.459 e. The lowest BCUT2D eigenvalue weighted by molar-refractivity contribution is 0.0174. The van der Waals surface area contributed by atoms with Crippen LogP contribution in [0, 0.1) is 5.92 Å². The fourth-order valence-electron chi connectivity index (χ4n) is 2.27. The molecule has 1 saturated carbocycles. The minimum absolute atomic E-state index is 0.00111. The molecule has 3 nitrogen and oxygen atoms in total. The van der Waals surface area contributed by atoms with Crippen LogP contribution in [0.2, 0.25) is 10.0 Å². The third-order valence-electron chi connectivity index (χ3n) is 3.55. The molecule has 0 bridgehead atoms. The van der Waals surface area contributed by atoms with Gasteiger partial charge in [0.15, 0.2) is 0 Å². The van der Waals surface area contributed by atoms with Crippen molar-refractivity contribution in [3.05, 3.63) is 27.7 Å². The Morgan fingerprint density at radius 3 is 2.26 bits per heavy atom. The summed E-state index contributed by atoms with van der Waals surface area (Å²) in [5.74, 6) is 0.332. The van der Waals surface area contributed by atoms with E-state index in [9.17, 15) is 4.79 Å². The lowest BCUT2D eigenvalue weighted by atomic mass is 9.89. The molecule has 0 aliphatic heterocycles. The predicted octanol–water partition coefficient (Wildman–Crippen LogP) is 4.31. The molecule has 1 aliphatic carbocycles. The Balaban J connectivity index is 2.04. The number of hydrogen-bond acceptors (Lipinski definition) is 3. The number of carbonyl (C=O) groups is 1. The van der Waals surface area contributed by atoms with E-state index in [1.165, 1.54) is 12.1 Å². The first kappa shape index (κ1) is 14.5. The predicted molar refractivity (Wildman–Crippen MR) is 77.7 cm³/mol. The summed E-state index contributed by atoms with van der Waals surface area (Å²) in [6.45, 7) is 2.22. The molecule has 2 N–H and O–H groups in total. The van der Waals surface area contributed by atoms with E-state index in [0.29, 0.717) is 5.56 Å². The van der Waals surface area contributed by atoms with Gasteiger partial charge in [0.05, 0.1) is 21.3 Å². The first-order chi connectivity index (χ1) is 8.97. The number of nitrogen functional groups attached to an aromatic ring is 1. The molecule has 0 unspecified atom stereocenters. The average Bonchev–Trinajstić information content (AvgIpc) is 2.38. The van der Waals surface area contributed by atoms with E-state index in [2.05, 4.69) is 6.92 Å². The molecule has 1 aromatic carbocycles. The Morgan fingerprint density at radius 1 is 1.21 bits per heavy atom. The van der Waals surface area contributed by atoms with Crippen molar-refractivity contribution in [3.8, 4) is 0 Å². The largest absolute Gasteiger partial charge is 0.459 e. The molecular weight excluding hydrogens is 285 g/mol. The zero-order valence-electron chi connectivity index (χ0n) is 10.8. The summed E-state index contributed by atoms with van der Waals surface area (Å²) in [6.07, 6.45) is 4.04. The first-order valence-corrected chi connectivity index (χ1v) is 7.18. The van der Waals surface area contributed by atoms with Crippen molar-refractivity contribution in [1.29, 1.82) is 0 Å². The van der Waals surface area contributed by atoms with Crippen molar-refractivity contribution in [1.82, 2.24) is 0 Å². The highest BCUT2D eigenvalue weighted by molar-refractivity contribution is 6.39. The van der Waals surface area contributed by atoms with E-state index in [0.717, 1.165) is 31.6 Å². The maximum Gasteiger partial charge on any atom is 0.338 e. The molecule has 0 radical (unpaired) electrons. The van der Waals surface area contributed by atoms with Crippen LogP contribution in [-0.4, -0.2) is 12.1 Å². The fourth-order valence-corrected chi connectivity index (χ4v) is 2.76. The minimum atomic E-state index is -0.386. The van der Waals surface area contributed by atoms with Crippen LogP contribution in [0.25, 0.3) is 0 Å². The van der Waals surface area contributed by atoms with Crippen molar-refractivity contribution in [2.75, 3.05) is 5.73 Å². The number of hydrogen-bond donors (Lipinski definition) is 1. The second kappa shape index (κ2) is 6.02. The lowest BCUT2D eigenvalue weighted by Crippen LogP contribution is -2.23. The number of carbonyl (C=O) groups excluding carboxylic acids is 1. The Bertz CT molecular complexity index is 459. The molecular formula is C14H17Cl2NO2.